The third kappa shape index (κ3) is 6.53. The monoisotopic (exact) mass is 506 g/mol. The Labute approximate surface area is 201 Å². The summed E-state index contributed by atoms with van der Waals surface area (Å²) in [7, 11) is -2.87. The van der Waals surface area contributed by atoms with Crippen LogP contribution in [0.5, 0.6) is 17.2 Å². The fourth-order valence-electron chi connectivity index (χ4n) is 3.25. The molecule has 2 N–H and O–H groups in total. The number of hydrogen-bond donors (Lipinski definition) is 2. The number of nitro groups is 1. The molecule has 0 radical (unpaired) electrons. The van der Waals surface area contributed by atoms with Crippen molar-refractivity contribution in [3.63, 3.8) is 0 Å². The third-order valence-corrected chi connectivity index (χ3v) is 4.80. The molecule has 0 aliphatic rings. The number of nitrogens with one attached hydrogen (secondary N) is 1. The summed E-state index contributed by atoms with van der Waals surface area (Å²) in [5, 5.41) is 22.6. The number of benzene rings is 3. The average molecular weight is 506 g/mol. The van der Waals surface area contributed by atoms with E-state index in [1.807, 2.05) is 30.3 Å². The standard InChI is InChI=1S/C23H18N2O6.BF4/c1-29-21-10-7-14(11-23(21)30-2)22-13-18(16-5-3-4-6-20(16)31-22)24-17-9-8-15(25(27)28)12-19(17)26;2-1(3,4)5/h3-13,26H,1-2H3;/q;-1/p+1. The van der Waals surface area contributed by atoms with E-state index < -0.39 is 12.2 Å². The first-order valence-electron chi connectivity index (χ1n) is 10.2. The minimum atomic E-state index is -6.00. The molecule has 0 saturated heterocycles. The highest BCUT2D eigenvalue weighted by atomic mass is 19.5. The van der Waals surface area contributed by atoms with Gasteiger partial charge in [0.1, 0.15) is 11.3 Å². The van der Waals surface area contributed by atoms with Gasteiger partial charge in [0.15, 0.2) is 17.2 Å². The molecule has 0 saturated carbocycles. The van der Waals surface area contributed by atoms with Crippen molar-refractivity contribution < 1.29 is 46.2 Å². The summed E-state index contributed by atoms with van der Waals surface area (Å²) < 4.78 is 55.8. The molecule has 8 nitrogen and oxygen atoms in total. The van der Waals surface area contributed by atoms with Crippen molar-refractivity contribution in [3.05, 3.63) is 82.2 Å². The van der Waals surface area contributed by atoms with Crippen molar-refractivity contribution in [1.82, 2.24) is 0 Å². The zero-order valence-corrected chi connectivity index (χ0v) is 18.9. The van der Waals surface area contributed by atoms with E-state index in [2.05, 4.69) is 4.99 Å². The van der Waals surface area contributed by atoms with Gasteiger partial charge in [-0.2, -0.15) is 0 Å². The number of nitro benzene ring substituents is 1. The number of methoxy groups -OCH3 is 2. The SMILES string of the molecule is COc1ccc(-c2cc(=[NH+]c3ccc([N+](=O)[O-])cc3O)c3ccccc3o2)cc1OC.F[B-](F)(F)F. The van der Waals surface area contributed by atoms with E-state index in [0.29, 0.717) is 33.9 Å². The molecule has 0 unspecified atom stereocenters. The number of phenols is 1. The quantitative estimate of drug-likeness (QED) is 0.137. The van der Waals surface area contributed by atoms with E-state index in [9.17, 15) is 32.5 Å². The Bertz CT molecular complexity index is 1470. The number of rotatable bonds is 5. The molecular weight excluding hydrogens is 487 g/mol. The van der Waals surface area contributed by atoms with Crippen LogP contribution in [0.15, 0.2) is 71.1 Å². The molecule has 3 aromatic carbocycles. The number of para-hydroxylation sites is 1. The molecule has 188 valence electrons. The Morgan fingerprint density at radius 3 is 2.22 bits per heavy atom. The number of nitrogens with zero attached hydrogens (tertiary/aromatic N) is 1. The summed E-state index contributed by atoms with van der Waals surface area (Å²) in [6, 6.07) is 18.6. The fraction of sp³-hybridized carbons (Fsp3) is 0.0870. The molecule has 4 aromatic rings. The third-order valence-electron chi connectivity index (χ3n) is 4.80. The maximum Gasteiger partial charge on any atom is 0.673 e. The van der Waals surface area contributed by atoms with Crippen LogP contribution >= 0.6 is 0 Å². The maximum atomic E-state index is 10.9. The molecule has 0 amide bonds. The zero-order valence-electron chi connectivity index (χ0n) is 18.9. The van der Waals surface area contributed by atoms with E-state index >= 15 is 0 Å². The Kier molecular flexibility index (Phi) is 7.82. The summed E-state index contributed by atoms with van der Waals surface area (Å²) in [6.07, 6.45) is 0. The minimum Gasteiger partial charge on any atom is -0.502 e. The second-order valence-electron chi connectivity index (χ2n) is 7.17. The van der Waals surface area contributed by atoms with Gasteiger partial charge < -0.3 is 36.3 Å². The molecule has 0 spiro atoms. The van der Waals surface area contributed by atoms with Crippen LogP contribution in [0.3, 0.4) is 0 Å². The van der Waals surface area contributed by atoms with E-state index in [0.717, 1.165) is 17.0 Å². The molecule has 0 fully saturated rings. The Morgan fingerprint density at radius 2 is 1.61 bits per heavy atom. The van der Waals surface area contributed by atoms with Crippen LogP contribution in [0, 0.1) is 10.1 Å². The Balaban J connectivity index is 0.000000658. The van der Waals surface area contributed by atoms with E-state index in [1.54, 1.807) is 32.4 Å². The lowest BCUT2D eigenvalue weighted by Gasteiger charge is -2.09. The summed E-state index contributed by atoms with van der Waals surface area (Å²) in [4.78, 5) is 13.5. The summed E-state index contributed by atoms with van der Waals surface area (Å²) >= 11 is 0. The molecule has 4 rings (SSSR count). The van der Waals surface area contributed by atoms with Crippen molar-refractivity contribution in [1.29, 1.82) is 0 Å². The van der Waals surface area contributed by atoms with Crippen molar-refractivity contribution >= 4 is 29.6 Å². The smallest absolute Gasteiger partial charge is 0.502 e. The van der Waals surface area contributed by atoms with Crippen molar-refractivity contribution in [2.24, 2.45) is 0 Å². The average Bonchev–Trinajstić information content (AvgIpc) is 2.83. The first-order chi connectivity index (χ1) is 17.0. The van der Waals surface area contributed by atoms with Gasteiger partial charge in [0.2, 0.25) is 11.0 Å². The van der Waals surface area contributed by atoms with Crippen LogP contribution in [-0.4, -0.2) is 31.5 Å². The van der Waals surface area contributed by atoms with Crippen LogP contribution in [0.4, 0.5) is 28.6 Å². The minimum absolute atomic E-state index is 0.193. The van der Waals surface area contributed by atoms with Gasteiger partial charge in [-0.05, 0) is 30.3 Å². The van der Waals surface area contributed by atoms with Gasteiger partial charge in [0.25, 0.3) is 5.69 Å². The lowest BCUT2D eigenvalue weighted by Crippen LogP contribution is -2.70. The van der Waals surface area contributed by atoms with Gasteiger partial charge in [-0.25, -0.2) is 4.99 Å². The second kappa shape index (κ2) is 10.8. The molecule has 36 heavy (non-hydrogen) atoms. The highest BCUT2D eigenvalue weighted by molar-refractivity contribution is 6.50. The first-order valence-corrected chi connectivity index (χ1v) is 10.2. The summed E-state index contributed by atoms with van der Waals surface area (Å²) in [5.74, 6) is 1.49. The van der Waals surface area contributed by atoms with Crippen LogP contribution in [-0.2, 0) is 0 Å². The van der Waals surface area contributed by atoms with E-state index in [1.165, 1.54) is 12.1 Å². The highest BCUT2D eigenvalue weighted by Gasteiger charge is 2.20. The molecule has 13 heteroatoms. The van der Waals surface area contributed by atoms with E-state index in [4.69, 9.17) is 13.9 Å². The first kappa shape index (κ1) is 26.1. The topological polar surface area (TPSA) is 109 Å². The second-order valence-corrected chi connectivity index (χ2v) is 7.17. The number of halogens is 4. The number of fused-ring (bicyclic) bond motifs is 1. The Hall–Kier alpha value is -4.55. The number of phenolic OH excluding ortho intramolecular Hbond substituents is 1. The number of non-ortho nitro benzene ring substituents is 1. The van der Waals surface area contributed by atoms with Gasteiger partial charge >= 0.3 is 7.25 Å². The van der Waals surface area contributed by atoms with Gasteiger partial charge in [-0.15, -0.1) is 0 Å². The lowest BCUT2D eigenvalue weighted by atomic mass is 10.1. The summed E-state index contributed by atoms with van der Waals surface area (Å²) in [5.41, 5.74) is 1.53. The van der Waals surface area contributed by atoms with Crippen LogP contribution in [0.1, 0.15) is 0 Å². The molecule has 0 bridgehead atoms. The van der Waals surface area contributed by atoms with Crippen molar-refractivity contribution in [2.45, 2.75) is 0 Å². The molecule has 0 aliphatic carbocycles. The molecule has 1 aromatic heterocycles. The van der Waals surface area contributed by atoms with Gasteiger partial charge in [-0.1, -0.05) is 12.1 Å². The fourth-order valence-corrected chi connectivity index (χ4v) is 3.25. The predicted molar refractivity (Wildman–Crippen MR) is 123 cm³/mol. The molecular formula is C23H19BF4N2O6. The maximum absolute atomic E-state index is 10.9. The predicted octanol–water partition coefficient (Wildman–Crippen LogP) is 4.34. The van der Waals surface area contributed by atoms with E-state index in [-0.39, 0.29) is 11.4 Å². The van der Waals surface area contributed by atoms with Crippen molar-refractivity contribution in [2.75, 3.05) is 14.2 Å². The number of aromatic hydroxyl groups is 1. The van der Waals surface area contributed by atoms with Crippen LogP contribution in [0.25, 0.3) is 22.3 Å². The lowest BCUT2D eigenvalue weighted by molar-refractivity contribution is -0.403. The van der Waals surface area contributed by atoms with Crippen LogP contribution in [0.2, 0.25) is 0 Å². The Morgan fingerprint density at radius 1 is 0.944 bits per heavy atom. The number of hydrogen-bond acceptors (Lipinski definition) is 6. The number of ether oxygens (including phenoxy) is 2. The zero-order chi connectivity index (χ0) is 26.5. The molecule has 0 aliphatic heterocycles. The highest BCUT2D eigenvalue weighted by Crippen LogP contribution is 2.32. The van der Waals surface area contributed by atoms with Gasteiger partial charge in [0, 0.05) is 17.7 Å². The van der Waals surface area contributed by atoms with Gasteiger partial charge in [0.05, 0.1) is 36.7 Å². The van der Waals surface area contributed by atoms with Crippen LogP contribution < -0.4 is 19.8 Å². The molecule has 0 atom stereocenters. The van der Waals surface area contributed by atoms with Crippen molar-refractivity contribution in [3.8, 4) is 28.6 Å². The normalized spacial score (nSPS) is 11.6. The summed E-state index contributed by atoms with van der Waals surface area (Å²) in [6.45, 7) is 0. The largest absolute Gasteiger partial charge is 0.673 e. The molecule has 1 heterocycles. The van der Waals surface area contributed by atoms with Gasteiger partial charge in [-0.3, -0.25) is 10.1 Å².